The van der Waals surface area contributed by atoms with Gasteiger partial charge in [0.1, 0.15) is 11.9 Å². The van der Waals surface area contributed by atoms with E-state index in [1.54, 1.807) is 12.1 Å². The van der Waals surface area contributed by atoms with Crippen molar-refractivity contribution in [2.45, 2.75) is 12.5 Å². The van der Waals surface area contributed by atoms with E-state index in [9.17, 15) is 4.79 Å². The van der Waals surface area contributed by atoms with Crippen molar-refractivity contribution in [2.24, 2.45) is 5.73 Å². The topological polar surface area (TPSA) is 87.6 Å². The first-order valence-electron chi connectivity index (χ1n) is 5.10. The van der Waals surface area contributed by atoms with E-state index in [0.717, 1.165) is 6.42 Å². The molecule has 5 heteroatoms. The summed E-state index contributed by atoms with van der Waals surface area (Å²) in [6, 6.07) is 4.86. The quantitative estimate of drug-likeness (QED) is 0.730. The van der Waals surface area contributed by atoms with Gasteiger partial charge in [0.05, 0.1) is 18.8 Å². The Morgan fingerprint density at radius 3 is 2.94 bits per heavy atom. The standard InChI is InChI=1S/C11H14N2O3/c12-7-1-2-10(9(5-7)11(13)14)16-8-3-4-15-6-8/h1-2,5,8H,3-4,6,12H2,(H2,13,14). The van der Waals surface area contributed by atoms with E-state index in [4.69, 9.17) is 20.9 Å². The smallest absolute Gasteiger partial charge is 0.252 e. The van der Waals surface area contributed by atoms with Gasteiger partial charge in [0.15, 0.2) is 0 Å². The van der Waals surface area contributed by atoms with Crippen molar-refractivity contribution in [3.05, 3.63) is 23.8 Å². The number of hydrogen-bond donors (Lipinski definition) is 2. The number of nitrogen functional groups attached to an aromatic ring is 1. The van der Waals surface area contributed by atoms with Crippen LogP contribution in [0.1, 0.15) is 16.8 Å². The zero-order chi connectivity index (χ0) is 11.5. The highest BCUT2D eigenvalue weighted by atomic mass is 16.5. The summed E-state index contributed by atoms with van der Waals surface area (Å²) >= 11 is 0. The summed E-state index contributed by atoms with van der Waals surface area (Å²) in [5, 5.41) is 0. The fraction of sp³-hybridized carbons (Fsp3) is 0.364. The molecule has 0 bridgehead atoms. The average molecular weight is 222 g/mol. The minimum atomic E-state index is -0.541. The van der Waals surface area contributed by atoms with Crippen LogP contribution in [0.2, 0.25) is 0 Å². The molecule has 1 aromatic rings. The number of carbonyl (C=O) groups excluding carboxylic acids is 1. The molecular weight excluding hydrogens is 208 g/mol. The van der Waals surface area contributed by atoms with Crippen LogP contribution in [0.4, 0.5) is 5.69 Å². The number of anilines is 1. The second kappa shape index (κ2) is 4.40. The van der Waals surface area contributed by atoms with Crippen LogP contribution < -0.4 is 16.2 Å². The van der Waals surface area contributed by atoms with Gasteiger partial charge in [-0.15, -0.1) is 0 Å². The van der Waals surface area contributed by atoms with Crippen molar-refractivity contribution in [3.63, 3.8) is 0 Å². The Kier molecular flexibility index (Phi) is 2.96. The Bertz CT molecular complexity index is 400. The molecule has 0 radical (unpaired) electrons. The summed E-state index contributed by atoms with van der Waals surface area (Å²) in [5.41, 5.74) is 11.6. The number of amides is 1. The van der Waals surface area contributed by atoms with Gasteiger partial charge in [-0.2, -0.15) is 0 Å². The fourth-order valence-corrected chi connectivity index (χ4v) is 1.63. The lowest BCUT2D eigenvalue weighted by Crippen LogP contribution is -2.19. The van der Waals surface area contributed by atoms with Crippen molar-refractivity contribution in [1.82, 2.24) is 0 Å². The molecule has 16 heavy (non-hydrogen) atoms. The first-order chi connectivity index (χ1) is 7.66. The zero-order valence-electron chi connectivity index (χ0n) is 8.81. The van der Waals surface area contributed by atoms with Crippen molar-refractivity contribution >= 4 is 11.6 Å². The number of rotatable bonds is 3. The fourth-order valence-electron chi connectivity index (χ4n) is 1.63. The molecule has 0 spiro atoms. The van der Waals surface area contributed by atoms with Crippen LogP contribution in [0.3, 0.4) is 0 Å². The maximum Gasteiger partial charge on any atom is 0.252 e. The summed E-state index contributed by atoms with van der Waals surface area (Å²) in [6.45, 7) is 1.23. The van der Waals surface area contributed by atoms with Crippen LogP contribution in [0.25, 0.3) is 0 Å². The summed E-state index contributed by atoms with van der Waals surface area (Å²) in [6.07, 6.45) is 0.810. The Morgan fingerprint density at radius 2 is 2.31 bits per heavy atom. The Morgan fingerprint density at radius 1 is 1.50 bits per heavy atom. The SMILES string of the molecule is NC(=O)c1cc(N)ccc1OC1CCOC1. The van der Waals surface area contributed by atoms with E-state index in [-0.39, 0.29) is 6.10 Å². The lowest BCUT2D eigenvalue weighted by atomic mass is 10.1. The number of benzene rings is 1. The molecule has 1 unspecified atom stereocenters. The van der Waals surface area contributed by atoms with E-state index in [1.807, 2.05) is 0 Å². The third-order valence-corrected chi connectivity index (χ3v) is 2.45. The molecule has 0 aromatic heterocycles. The molecule has 2 rings (SSSR count). The Balaban J connectivity index is 2.21. The largest absolute Gasteiger partial charge is 0.487 e. The second-order valence-corrected chi connectivity index (χ2v) is 3.72. The van der Waals surface area contributed by atoms with Gasteiger partial charge < -0.3 is 20.9 Å². The van der Waals surface area contributed by atoms with Gasteiger partial charge in [0.25, 0.3) is 5.91 Å². The highest BCUT2D eigenvalue weighted by Crippen LogP contribution is 2.23. The number of carbonyl (C=O) groups is 1. The Hall–Kier alpha value is -1.75. The van der Waals surface area contributed by atoms with E-state index in [2.05, 4.69) is 0 Å². The van der Waals surface area contributed by atoms with Gasteiger partial charge in [-0.3, -0.25) is 4.79 Å². The van der Waals surface area contributed by atoms with Crippen LogP contribution in [-0.4, -0.2) is 25.2 Å². The third kappa shape index (κ3) is 2.25. The monoisotopic (exact) mass is 222 g/mol. The summed E-state index contributed by atoms with van der Waals surface area (Å²) in [7, 11) is 0. The molecule has 5 nitrogen and oxygen atoms in total. The molecule has 0 saturated carbocycles. The Labute approximate surface area is 93.3 Å². The lowest BCUT2D eigenvalue weighted by Gasteiger charge is -2.14. The molecule has 0 aliphatic carbocycles. The zero-order valence-corrected chi connectivity index (χ0v) is 8.81. The van der Waals surface area contributed by atoms with Crippen molar-refractivity contribution in [3.8, 4) is 5.75 Å². The molecule has 86 valence electrons. The molecule has 1 aromatic carbocycles. The second-order valence-electron chi connectivity index (χ2n) is 3.72. The number of ether oxygens (including phenoxy) is 2. The molecule has 1 amide bonds. The molecule has 1 heterocycles. The molecule has 1 atom stereocenters. The summed E-state index contributed by atoms with van der Waals surface area (Å²) in [5.74, 6) is -0.0709. The lowest BCUT2D eigenvalue weighted by molar-refractivity contribution is 0.0989. The van der Waals surface area contributed by atoms with Crippen LogP contribution in [0.5, 0.6) is 5.75 Å². The van der Waals surface area contributed by atoms with E-state index in [0.29, 0.717) is 30.2 Å². The van der Waals surface area contributed by atoms with Gasteiger partial charge in [0, 0.05) is 12.1 Å². The number of primary amides is 1. The molecule has 1 aliphatic heterocycles. The van der Waals surface area contributed by atoms with Crippen molar-refractivity contribution < 1.29 is 14.3 Å². The first-order valence-corrected chi connectivity index (χ1v) is 5.10. The molecule has 4 N–H and O–H groups in total. The normalized spacial score (nSPS) is 19.6. The van der Waals surface area contributed by atoms with E-state index in [1.165, 1.54) is 6.07 Å². The highest BCUT2D eigenvalue weighted by molar-refractivity contribution is 5.96. The first kappa shape index (κ1) is 10.8. The van der Waals surface area contributed by atoms with Crippen LogP contribution in [0.15, 0.2) is 18.2 Å². The predicted molar refractivity (Wildman–Crippen MR) is 59.2 cm³/mol. The van der Waals surface area contributed by atoms with Gasteiger partial charge in [-0.25, -0.2) is 0 Å². The third-order valence-electron chi connectivity index (χ3n) is 2.45. The minimum Gasteiger partial charge on any atom is -0.487 e. The van der Waals surface area contributed by atoms with Gasteiger partial charge in [0.2, 0.25) is 0 Å². The number of nitrogens with two attached hydrogens (primary N) is 2. The van der Waals surface area contributed by atoms with Gasteiger partial charge in [-0.05, 0) is 18.2 Å². The van der Waals surface area contributed by atoms with Crippen LogP contribution in [-0.2, 0) is 4.74 Å². The van der Waals surface area contributed by atoms with Gasteiger partial charge >= 0.3 is 0 Å². The average Bonchev–Trinajstić information content (AvgIpc) is 2.73. The van der Waals surface area contributed by atoms with E-state index >= 15 is 0 Å². The molecular formula is C11H14N2O3. The highest BCUT2D eigenvalue weighted by Gasteiger charge is 2.19. The van der Waals surface area contributed by atoms with E-state index < -0.39 is 5.91 Å². The predicted octanol–water partition coefficient (Wildman–Crippen LogP) is 0.535. The van der Waals surface area contributed by atoms with Crippen molar-refractivity contribution in [2.75, 3.05) is 18.9 Å². The van der Waals surface area contributed by atoms with Gasteiger partial charge in [-0.1, -0.05) is 0 Å². The molecule has 1 aliphatic rings. The van der Waals surface area contributed by atoms with Crippen LogP contribution in [0, 0.1) is 0 Å². The maximum atomic E-state index is 11.2. The minimum absolute atomic E-state index is 0.0123. The summed E-state index contributed by atoms with van der Waals surface area (Å²) in [4.78, 5) is 11.2. The maximum absolute atomic E-state index is 11.2. The summed E-state index contributed by atoms with van der Waals surface area (Å²) < 4.78 is 10.8. The van der Waals surface area contributed by atoms with Crippen LogP contribution >= 0.6 is 0 Å². The van der Waals surface area contributed by atoms with Crippen molar-refractivity contribution in [1.29, 1.82) is 0 Å². The molecule has 1 fully saturated rings. The molecule has 1 saturated heterocycles. The number of hydrogen-bond acceptors (Lipinski definition) is 4.